The second kappa shape index (κ2) is 9.92. The second-order valence-electron chi connectivity index (χ2n) is 7.14. The van der Waals surface area contributed by atoms with Gasteiger partial charge in [0.2, 0.25) is 0 Å². The topological polar surface area (TPSA) is 71.1 Å². The van der Waals surface area contributed by atoms with Crippen molar-refractivity contribution in [2.24, 2.45) is 0 Å². The minimum atomic E-state index is -2.16. The highest BCUT2D eigenvalue weighted by atomic mass is 28.4. The molecule has 0 aromatic carbocycles. The van der Waals surface area contributed by atoms with Gasteiger partial charge in [0.15, 0.2) is 28.8 Å². The van der Waals surface area contributed by atoms with Crippen molar-refractivity contribution in [2.75, 3.05) is 13.2 Å². The molecule has 0 radical (unpaired) electrons. The van der Waals surface area contributed by atoms with Gasteiger partial charge in [-0.15, -0.1) is 0 Å². The van der Waals surface area contributed by atoms with Gasteiger partial charge in [-0.1, -0.05) is 25.3 Å². The molecule has 8 heteroatoms. The number of hydrogen-bond donors (Lipinski definition) is 0. The van der Waals surface area contributed by atoms with E-state index in [4.69, 9.17) is 18.3 Å². The summed E-state index contributed by atoms with van der Waals surface area (Å²) in [7, 11) is -4.31. The minimum absolute atomic E-state index is 0.0335. The Morgan fingerprint density at radius 3 is 1.29 bits per heavy atom. The second-order valence-corrected chi connectivity index (χ2v) is 16.1. The van der Waals surface area contributed by atoms with Gasteiger partial charge in [-0.25, -0.2) is 9.59 Å². The van der Waals surface area contributed by atoms with Gasteiger partial charge in [0.25, 0.3) is 0 Å². The zero-order valence-corrected chi connectivity index (χ0v) is 17.6. The molecule has 0 aliphatic rings. The van der Waals surface area contributed by atoms with E-state index in [-0.39, 0.29) is 13.2 Å². The first kappa shape index (κ1) is 22.8. The van der Waals surface area contributed by atoms with Crippen LogP contribution in [0.5, 0.6) is 0 Å². The molecule has 0 N–H and O–H groups in total. The van der Waals surface area contributed by atoms with Gasteiger partial charge >= 0.3 is 11.9 Å². The smallest absolute Gasteiger partial charge is 0.337 e. The van der Waals surface area contributed by atoms with Gasteiger partial charge in [-0.2, -0.15) is 0 Å². The molecular weight excluding hydrogens is 344 g/mol. The summed E-state index contributed by atoms with van der Waals surface area (Å²) in [6.45, 7) is 18.6. The summed E-state index contributed by atoms with van der Waals surface area (Å²) in [5.41, 5.74) is 0. The Bertz CT molecular complexity index is 408. The normalized spacial score (nSPS) is 14.4. The van der Waals surface area contributed by atoms with Crippen LogP contribution in [0.2, 0.25) is 39.3 Å². The van der Waals surface area contributed by atoms with Crippen molar-refractivity contribution in [3.63, 3.8) is 0 Å². The Labute approximate surface area is 147 Å². The highest BCUT2D eigenvalue weighted by molar-refractivity contribution is 6.70. The quantitative estimate of drug-likeness (QED) is 0.315. The molecule has 0 bridgehead atoms. The van der Waals surface area contributed by atoms with Crippen molar-refractivity contribution < 1.29 is 27.9 Å². The number of carbonyl (C=O) groups excluding carboxylic acids is 2. The lowest BCUT2D eigenvalue weighted by Gasteiger charge is -2.33. The van der Waals surface area contributed by atoms with Gasteiger partial charge in [0.1, 0.15) is 13.2 Å². The number of carbonyl (C=O) groups is 2. The fourth-order valence-electron chi connectivity index (χ4n) is 1.68. The Morgan fingerprint density at radius 1 is 0.792 bits per heavy atom. The SMILES string of the molecule is C=CCOC(=O)C(O[Si](C)(C)C)C(O[Si](C)(C)C)C(=O)OCC=C. The molecule has 0 saturated heterocycles. The first-order valence-electron chi connectivity index (χ1n) is 7.82. The van der Waals surface area contributed by atoms with E-state index in [2.05, 4.69) is 13.2 Å². The summed E-state index contributed by atoms with van der Waals surface area (Å²) in [5, 5.41) is 0. The van der Waals surface area contributed by atoms with Crippen LogP contribution in [0.1, 0.15) is 0 Å². The van der Waals surface area contributed by atoms with Gasteiger partial charge in [0.05, 0.1) is 0 Å². The van der Waals surface area contributed by atoms with Crippen molar-refractivity contribution in [3.05, 3.63) is 25.3 Å². The molecule has 0 heterocycles. The first-order valence-corrected chi connectivity index (χ1v) is 14.6. The van der Waals surface area contributed by atoms with Crippen LogP contribution < -0.4 is 0 Å². The van der Waals surface area contributed by atoms with Crippen molar-refractivity contribution in [2.45, 2.75) is 51.5 Å². The average molecular weight is 375 g/mol. The Hall–Kier alpha value is -1.23. The van der Waals surface area contributed by atoms with E-state index in [0.717, 1.165) is 0 Å². The monoisotopic (exact) mass is 374 g/mol. The molecule has 0 spiro atoms. The van der Waals surface area contributed by atoms with Crippen LogP contribution in [0.25, 0.3) is 0 Å². The van der Waals surface area contributed by atoms with Crippen LogP contribution in [0.3, 0.4) is 0 Å². The largest absolute Gasteiger partial charge is 0.459 e. The lowest BCUT2D eigenvalue weighted by molar-refractivity contribution is -0.168. The van der Waals surface area contributed by atoms with E-state index in [1.165, 1.54) is 12.2 Å². The maximum absolute atomic E-state index is 12.4. The van der Waals surface area contributed by atoms with Crippen LogP contribution in [0.4, 0.5) is 0 Å². The zero-order chi connectivity index (χ0) is 19.0. The van der Waals surface area contributed by atoms with Gasteiger partial charge in [-0.05, 0) is 39.3 Å². The van der Waals surface area contributed by atoms with Gasteiger partial charge in [-0.3, -0.25) is 0 Å². The zero-order valence-electron chi connectivity index (χ0n) is 15.6. The molecule has 6 nitrogen and oxygen atoms in total. The van der Waals surface area contributed by atoms with Crippen LogP contribution in [-0.4, -0.2) is 54.0 Å². The van der Waals surface area contributed by atoms with Gasteiger partial charge < -0.3 is 18.3 Å². The summed E-state index contributed by atoms with van der Waals surface area (Å²) in [6, 6.07) is 0. The van der Waals surface area contributed by atoms with Crippen LogP contribution >= 0.6 is 0 Å². The molecule has 0 amide bonds. The lowest BCUT2D eigenvalue weighted by Crippen LogP contribution is -2.52. The van der Waals surface area contributed by atoms with E-state index in [9.17, 15) is 9.59 Å². The molecule has 0 aliphatic carbocycles. The molecule has 0 aromatic rings. The summed E-state index contributed by atoms with van der Waals surface area (Å²) in [6.07, 6.45) is 0.572. The molecule has 2 atom stereocenters. The summed E-state index contributed by atoms with van der Waals surface area (Å²) >= 11 is 0. The molecule has 0 aliphatic heterocycles. The predicted molar refractivity (Wildman–Crippen MR) is 98.8 cm³/mol. The van der Waals surface area contributed by atoms with Crippen molar-refractivity contribution >= 4 is 28.6 Å². The number of ether oxygens (including phenoxy) is 2. The highest BCUT2D eigenvalue weighted by Gasteiger charge is 2.42. The fourth-order valence-corrected chi connectivity index (χ4v) is 3.64. The number of hydrogen-bond acceptors (Lipinski definition) is 6. The summed E-state index contributed by atoms with van der Waals surface area (Å²) in [5.74, 6) is -1.31. The standard InChI is InChI=1S/C16H30O6Si2/c1-9-11-19-15(17)13(21-23(3,4)5)14(22-24(6,7)8)16(18)20-12-10-2/h9-10,13-14H,1-2,11-12H2,3-8H3. The maximum atomic E-state index is 12.4. The third-order valence-electron chi connectivity index (χ3n) is 2.39. The molecule has 2 unspecified atom stereocenters. The van der Waals surface area contributed by atoms with Crippen molar-refractivity contribution in [1.29, 1.82) is 0 Å². The molecule has 138 valence electrons. The third-order valence-corrected chi connectivity index (χ3v) is 4.31. The summed E-state index contributed by atoms with van der Waals surface area (Å²) in [4.78, 5) is 24.8. The van der Waals surface area contributed by atoms with E-state index >= 15 is 0 Å². The average Bonchev–Trinajstić information content (AvgIpc) is 2.43. The summed E-state index contributed by atoms with van der Waals surface area (Å²) < 4.78 is 22.0. The first-order chi connectivity index (χ1) is 10.9. The van der Waals surface area contributed by atoms with E-state index in [1.807, 2.05) is 39.3 Å². The van der Waals surface area contributed by atoms with Crippen molar-refractivity contribution in [3.8, 4) is 0 Å². The molecular formula is C16H30O6Si2. The fraction of sp³-hybridized carbons (Fsp3) is 0.625. The van der Waals surface area contributed by atoms with Crippen LogP contribution in [0.15, 0.2) is 25.3 Å². The number of rotatable bonds is 11. The molecule has 24 heavy (non-hydrogen) atoms. The highest BCUT2D eigenvalue weighted by Crippen LogP contribution is 2.19. The van der Waals surface area contributed by atoms with E-state index in [1.54, 1.807) is 0 Å². The molecule has 0 aromatic heterocycles. The molecule has 0 saturated carbocycles. The molecule has 0 fully saturated rings. The predicted octanol–water partition coefficient (Wildman–Crippen LogP) is 2.89. The van der Waals surface area contributed by atoms with E-state index < -0.39 is 40.8 Å². The Kier molecular flexibility index (Phi) is 9.42. The maximum Gasteiger partial charge on any atom is 0.337 e. The Balaban J connectivity index is 5.57. The van der Waals surface area contributed by atoms with Crippen LogP contribution in [-0.2, 0) is 27.9 Å². The van der Waals surface area contributed by atoms with Gasteiger partial charge in [0, 0.05) is 0 Å². The lowest BCUT2D eigenvalue weighted by atomic mass is 10.2. The van der Waals surface area contributed by atoms with Crippen molar-refractivity contribution in [1.82, 2.24) is 0 Å². The van der Waals surface area contributed by atoms with E-state index in [0.29, 0.717) is 0 Å². The van der Waals surface area contributed by atoms with Crippen LogP contribution in [0, 0.1) is 0 Å². The number of esters is 2. The Morgan fingerprint density at radius 2 is 1.08 bits per heavy atom. The minimum Gasteiger partial charge on any atom is -0.459 e. The molecule has 0 rings (SSSR count). The third kappa shape index (κ3) is 9.81.